The molecule has 23 heavy (non-hydrogen) atoms. The summed E-state index contributed by atoms with van der Waals surface area (Å²) in [7, 11) is 3.82. The molecule has 6 nitrogen and oxygen atoms in total. The molecule has 0 saturated carbocycles. The topological polar surface area (TPSA) is 65.5 Å². The lowest BCUT2D eigenvalue weighted by molar-refractivity contribution is -0.143. The molecule has 1 atom stereocenters. The van der Waals surface area contributed by atoms with Crippen LogP contribution in [0.1, 0.15) is 20.8 Å². The number of nitrogens with one attached hydrogen (secondary N) is 1. The molecule has 1 aromatic rings. The van der Waals surface area contributed by atoms with Crippen LogP contribution in [0.15, 0.2) is 18.5 Å². The van der Waals surface area contributed by atoms with Gasteiger partial charge in [0.1, 0.15) is 6.04 Å². The van der Waals surface area contributed by atoms with Gasteiger partial charge < -0.3 is 15.1 Å². The van der Waals surface area contributed by atoms with Crippen LogP contribution < -0.4 is 10.2 Å². The fraction of sp³-hybridized carbons (Fsp3) is 0.562. The Bertz CT molecular complexity index is 598. The molecular formula is C16H24N4O2S. The summed E-state index contributed by atoms with van der Waals surface area (Å²) in [6, 6.07) is 1.40. The second kappa shape index (κ2) is 6.78. The van der Waals surface area contributed by atoms with Gasteiger partial charge in [-0.3, -0.25) is 14.6 Å². The number of hydrogen-bond acceptors (Lipinski definition) is 5. The summed E-state index contributed by atoms with van der Waals surface area (Å²) < 4.78 is 0. The van der Waals surface area contributed by atoms with E-state index in [0.717, 1.165) is 5.69 Å². The highest BCUT2D eigenvalue weighted by Gasteiger charge is 2.39. The maximum absolute atomic E-state index is 12.7. The molecule has 1 aliphatic heterocycles. The first kappa shape index (κ1) is 17.6. The van der Waals surface area contributed by atoms with E-state index in [-0.39, 0.29) is 11.8 Å². The molecule has 1 aromatic heterocycles. The molecular weight excluding hydrogens is 312 g/mol. The normalized spacial score (nSPS) is 18.0. The maximum Gasteiger partial charge on any atom is 0.248 e. The van der Waals surface area contributed by atoms with E-state index in [1.165, 1.54) is 0 Å². The molecule has 0 spiro atoms. The number of nitrogens with zero attached hydrogens (tertiary/aromatic N) is 3. The Morgan fingerprint density at radius 2 is 2.09 bits per heavy atom. The molecule has 0 radical (unpaired) electrons. The van der Waals surface area contributed by atoms with Crippen molar-refractivity contribution in [1.82, 2.24) is 9.88 Å². The van der Waals surface area contributed by atoms with Crippen LogP contribution in [0.4, 0.5) is 11.4 Å². The second-order valence-electron chi connectivity index (χ2n) is 6.82. The highest BCUT2D eigenvalue weighted by atomic mass is 32.2. The third-order valence-corrected chi connectivity index (χ3v) is 4.64. The standard InChI is InChI=1S/C16H24N4O2S/c1-16(2,3)15(22)20-10-23-9-13(20)14(21)18-11-8-17-7-6-12(11)19(4)5/h6-8,13H,9-10H2,1-5H3,(H,18,21). The van der Waals surface area contributed by atoms with E-state index < -0.39 is 11.5 Å². The van der Waals surface area contributed by atoms with Crippen LogP contribution in [0.5, 0.6) is 0 Å². The van der Waals surface area contributed by atoms with E-state index in [2.05, 4.69) is 10.3 Å². The Kier molecular flexibility index (Phi) is 5.19. The quantitative estimate of drug-likeness (QED) is 0.915. The first-order valence-electron chi connectivity index (χ1n) is 7.53. The van der Waals surface area contributed by atoms with Gasteiger partial charge in [-0.15, -0.1) is 11.8 Å². The van der Waals surface area contributed by atoms with Gasteiger partial charge in [-0.25, -0.2) is 0 Å². The largest absolute Gasteiger partial charge is 0.376 e. The van der Waals surface area contributed by atoms with E-state index >= 15 is 0 Å². The summed E-state index contributed by atoms with van der Waals surface area (Å²) >= 11 is 1.60. The number of hydrogen-bond donors (Lipinski definition) is 1. The summed E-state index contributed by atoms with van der Waals surface area (Å²) in [5, 5.41) is 2.92. The first-order chi connectivity index (χ1) is 10.7. The number of aromatic nitrogens is 1. The van der Waals surface area contributed by atoms with Crippen molar-refractivity contribution in [2.45, 2.75) is 26.8 Å². The third-order valence-electron chi connectivity index (χ3n) is 3.63. The summed E-state index contributed by atoms with van der Waals surface area (Å²) in [5.41, 5.74) is 1.04. The first-order valence-corrected chi connectivity index (χ1v) is 8.68. The molecule has 2 heterocycles. The minimum atomic E-state index is -0.494. The monoisotopic (exact) mass is 336 g/mol. The fourth-order valence-electron chi connectivity index (χ4n) is 2.38. The van der Waals surface area contributed by atoms with Gasteiger partial charge in [0.05, 0.1) is 23.4 Å². The zero-order valence-corrected chi connectivity index (χ0v) is 15.1. The summed E-state index contributed by atoms with van der Waals surface area (Å²) in [5.74, 6) is 1.01. The van der Waals surface area contributed by atoms with E-state index in [4.69, 9.17) is 0 Å². The van der Waals surface area contributed by atoms with Gasteiger partial charge in [0.25, 0.3) is 0 Å². The van der Waals surface area contributed by atoms with Crippen molar-refractivity contribution in [3.63, 3.8) is 0 Å². The Balaban J connectivity index is 2.16. The second-order valence-corrected chi connectivity index (χ2v) is 7.82. The molecule has 1 fully saturated rings. The van der Waals surface area contributed by atoms with Crippen LogP contribution in [0.2, 0.25) is 0 Å². The average molecular weight is 336 g/mol. The molecule has 0 bridgehead atoms. The van der Waals surface area contributed by atoms with Crippen LogP contribution in [-0.4, -0.2) is 53.5 Å². The molecule has 2 rings (SSSR count). The van der Waals surface area contributed by atoms with Crippen molar-refractivity contribution in [3.8, 4) is 0 Å². The molecule has 1 saturated heterocycles. The van der Waals surface area contributed by atoms with Gasteiger partial charge in [0.15, 0.2) is 0 Å². The summed E-state index contributed by atoms with van der Waals surface area (Å²) in [6.07, 6.45) is 3.32. The predicted octanol–water partition coefficient (Wildman–Crippen LogP) is 2.03. The van der Waals surface area contributed by atoms with Crippen LogP contribution in [0, 0.1) is 5.41 Å². The third kappa shape index (κ3) is 3.96. The van der Waals surface area contributed by atoms with Gasteiger partial charge >= 0.3 is 0 Å². The number of thioether (sulfide) groups is 1. The molecule has 0 aliphatic carbocycles. The highest BCUT2D eigenvalue weighted by Crippen LogP contribution is 2.29. The van der Waals surface area contributed by atoms with Crippen molar-refractivity contribution in [1.29, 1.82) is 0 Å². The number of anilines is 2. The Morgan fingerprint density at radius 1 is 1.39 bits per heavy atom. The number of carbonyl (C=O) groups is 2. The van der Waals surface area contributed by atoms with Gasteiger partial charge in [-0.05, 0) is 6.07 Å². The zero-order chi connectivity index (χ0) is 17.2. The zero-order valence-electron chi connectivity index (χ0n) is 14.3. The predicted molar refractivity (Wildman–Crippen MR) is 94.6 cm³/mol. The van der Waals surface area contributed by atoms with E-state index in [1.54, 1.807) is 29.1 Å². The van der Waals surface area contributed by atoms with Gasteiger partial charge in [-0.2, -0.15) is 0 Å². The summed E-state index contributed by atoms with van der Waals surface area (Å²) in [4.78, 5) is 32.8. The van der Waals surface area contributed by atoms with Gasteiger partial charge in [-0.1, -0.05) is 20.8 Å². The molecule has 7 heteroatoms. The average Bonchev–Trinajstić information content (AvgIpc) is 2.95. The molecule has 1 aliphatic rings. The van der Waals surface area contributed by atoms with Crippen LogP contribution >= 0.6 is 11.8 Å². The number of amides is 2. The van der Waals surface area contributed by atoms with Gasteiger partial charge in [0, 0.05) is 31.5 Å². The molecule has 1 unspecified atom stereocenters. The maximum atomic E-state index is 12.7. The van der Waals surface area contributed by atoms with E-state index in [9.17, 15) is 9.59 Å². The van der Waals surface area contributed by atoms with Crippen molar-refractivity contribution in [2.24, 2.45) is 5.41 Å². The van der Waals surface area contributed by atoms with Crippen molar-refractivity contribution >= 4 is 35.0 Å². The molecule has 1 N–H and O–H groups in total. The number of pyridine rings is 1. The molecule has 126 valence electrons. The SMILES string of the molecule is CN(C)c1ccncc1NC(=O)C1CSCN1C(=O)C(C)(C)C. The highest BCUT2D eigenvalue weighted by molar-refractivity contribution is 7.99. The van der Waals surface area contributed by atoms with E-state index in [1.807, 2.05) is 45.8 Å². The Morgan fingerprint density at radius 3 is 2.70 bits per heavy atom. The minimum Gasteiger partial charge on any atom is -0.376 e. The van der Waals surface area contributed by atoms with Crippen molar-refractivity contribution < 1.29 is 9.59 Å². The molecule has 0 aromatic carbocycles. The van der Waals surface area contributed by atoms with Crippen LogP contribution in [0.3, 0.4) is 0 Å². The number of rotatable bonds is 3. The summed E-state index contributed by atoms with van der Waals surface area (Å²) in [6.45, 7) is 5.62. The Labute approximate surface area is 141 Å². The lowest BCUT2D eigenvalue weighted by atomic mass is 9.94. The van der Waals surface area contributed by atoms with Crippen molar-refractivity contribution in [3.05, 3.63) is 18.5 Å². The molecule has 2 amide bonds. The number of carbonyl (C=O) groups excluding carboxylic acids is 2. The van der Waals surface area contributed by atoms with E-state index in [0.29, 0.717) is 17.3 Å². The minimum absolute atomic E-state index is 0.00155. The van der Waals surface area contributed by atoms with Gasteiger partial charge in [0.2, 0.25) is 11.8 Å². The van der Waals surface area contributed by atoms with Crippen molar-refractivity contribution in [2.75, 3.05) is 35.9 Å². The Hall–Kier alpha value is -1.76. The fourth-order valence-corrected chi connectivity index (χ4v) is 3.53. The lowest BCUT2D eigenvalue weighted by Gasteiger charge is -2.29. The smallest absolute Gasteiger partial charge is 0.248 e. The van der Waals surface area contributed by atoms with Crippen LogP contribution in [-0.2, 0) is 9.59 Å². The lowest BCUT2D eigenvalue weighted by Crippen LogP contribution is -2.48. The van der Waals surface area contributed by atoms with Crippen LogP contribution in [0.25, 0.3) is 0 Å².